The molecule has 2 aromatic rings. The van der Waals surface area contributed by atoms with Crippen LogP contribution in [-0.2, 0) is 4.84 Å². The van der Waals surface area contributed by atoms with Crippen molar-refractivity contribution in [3.8, 4) is 5.75 Å². The van der Waals surface area contributed by atoms with E-state index in [0.29, 0.717) is 12.5 Å². The predicted octanol–water partition coefficient (Wildman–Crippen LogP) is 2.84. The molecule has 0 amide bonds. The van der Waals surface area contributed by atoms with E-state index in [-0.39, 0.29) is 0 Å². The molecule has 0 spiro atoms. The summed E-state index contributed by atoms with van der Waals surface area (Å²) in [5, 5.41) is 2.38. The van der Waals surface area contributed by atoms with Crippen molar-refractivity contribution in [3.63, 3.8) is 0 Å². The second-order valence-corrected chi connectivity index (χ2v) is 4.21. The van der Waals surface area contributed by atoms with Gasteiger partial charge in [-0.05, 0) is 28.5 Å². The molecule has 0 saturated carbocycles. The lowest BCUT2D eigenvalue weighted by Crippen LogP contribution is -2.08. The molecule has 0 aromatic heterocycles. The van der Waals surface area contributed by atoms with Gasteiger partial charge in [0.15, 0.2) is 0 Å². The van der Waals surface area contributed by atoms with Gasteiger partial charge in [0, 0.05) is 5.92 Å². The molecule has 17 heavy (non-hydrogen) atoms. The van der Waals surface area contributed by atoms with Crippen LogP contribution in [0, 0.1) is 0 Å². The Morgan fingerprint density at radius 1 is 1.12 bits per heavy atom. The van der Waals surface area contributed by atoms with E-state index in [2.05, 4.69) is 36.0 Å². The van der Waals surface area contributed by atoms with Crippen molar-refractivity contribution in [2.24, 2.45) is 5.90 Å². The van der Waals surface area contributed by atoms with Gasteiger partial charge < -0.3 is 9.57 Å². The fourth-order valence-electron chi connectivity index (χ4n) is 1.92. The minimum Gasteiger partial charge on any atom is -0.497 e. The average Bonchev–Trinajstić information content (AvgIpc) is 2.37. The summed E-state index contributed by atoms with van der Waals surface area (Å²) < 4.78 is 5.20. The number of hydrogen-bond donors (Lipinski definition) is 1. The third kappa shape index (κ3) is 2.57. The molecule has 3 nitrogen and oxygen atoms in total. The smallest absolute Gasteiger partial charge is 0.119 e. The lowest BCUT2D eigenvalue weighted by atomic mass is 9.98. The van der Waals surface area contributed by atoms with Crippen molar-refractivity contribution in [3.05, 3.63) is 42.0 Å². The fraction of sp³-hybridized carbons (Fsp3) is 0.286. The SMILES string of the molecule is COc1ccc2cc(C(C)CON)ccc2c1. The largest absolute Gasteiger partial charge is 0.497 e. The molecule has 1 atom stereocenters. The summed E-state index contributed by atoms with van der Waals surface area (Å²) in [7, 11) is 1.68. The van der Waals surface area contributed by atoms with Gasteiger partial charge in [-0.3, -0.25) is 0 Å². The topological polar surface area (TPSA) is 44.5 Å². The normalized spacial score (nSPS) is 12.6. The zero-order valence-electron chi connectivity index (χ0n) is 10.1. The van der Waals surface area contributed by atoms with E-state index >= 15 is 0 Å². The number of fused-ring (bicyclic) bond motifs is 1. The zero-order valence-corrected chi connectivity index (χ0v) is 10.1. The molecule has 0 radical (unpaired) electrons. The maximum Gasteiger partial charge on any atom is 0.119 e. The standard InChI is InChI=1S/C14H17NO2/c1-10(9-17-15)11-3-4-13-8-14(16-2)6-5-12(13)7-11/h3-8,10H,9,15H2,1-2H3. The molecule has 3 heteroatoms. The van der Waals surface area contributed by atoms with Gasteiger partial charge in [-0.25, -0.2) is 5.90 Å². The highest BCUT2D eigenvalue weighted by Gasteiger charge is 2.06. The van der Waals surface area contributed by atoms with Gasteiger partial charge in [0.1, 0.15) is 5.75 Å². The zero-order chi connectivity index (χ0) is 12.3. The highest BCUT2D eigenvalue weighted by molar-refractivity contribution is 5.84. The number of rotatable bonds is 4. The highest BCUT2D eigenvalue weighted by Crippen LogP contribution is 2.25. The molecule has 1 unspecified atom stereocenters. The first-order valence-corrected chi connectivity index (χ1v) is 5.64. The number of hydrogen-bond acceptors (Lipinski definition) is 3. The number of benzene rings is 2. The summed E-state index contributed by atoms with van der Waals surface area (Å²) in [4.78, 5) is 4.69. The van der Waals surface area contributed by atoms with Crippen molar-refractivity contribution in [2.75, 3.05) is 13.7 Å². The van der Waals surface area contributed by atoms with Gasteiger partial charge in [-0.15, -0.1) is 0 Å². The Kier molecular flexibility index (Phi) is 3.61. The summed E-state index contributed by atoms with van der Waals surface area (Å²) in [6, 6.07) is 12.4. The van der Waals surface area contributed by atoms with E-state index in [1.807, 2.05) is 12.1 Å². The Hall–Kier alpha value is -1.58. The lowest BCUT2D eigenvalue weighted by molar-refractivity contribution is 0.126. The molecule has 0 bridgehead atoms. The molecular weight excluding hydrogens is 214 g/mol. The van der Waals surface area contributed by atoms with Crippen LogP contribution in [0.15, 0.2) is 36.4 Å². The molecule has 0 aliphatic carbocycles. The van der Waals surface area contributed by atoms with E-state index in [4.69, 9.17) is 10.6 Å². The van der Waals surface area contributed by atoms with Crippen LogP contribution >= 0.6 is 0 Å². The van der Waals surface area contributed by atoms with Crippen LogP contribution in [0.3, 0.4) is 0 Å². The molecule has 2 N–H and O–H groups in total. The Morgan fingerprint density at radius 2 is 1.82 bits per heavy atom. The van der Waals surface area contributed by atoms with Crippen LogP contribution in [0.5, 0.6) is 5.75 Å². The fourth-order valence-corrected chi connectivity index (χ4v) is 1.92. The molecule has 2 aromatic carbocycles. The van der Waals surface area contributed by atoms with Gasteiger partial charge >= 0.3 is 0 Å². The molecule has 2 rings (SSSR count). The molecule has 0 saturated heterocycles. The maximum atomic E-state index is 5.20. The predicted molar refractivity (Wildman–Crippen MR) is 69.1 cm³/mol. The van der Waals surface area contributed by atoms with Gasteiger partial charge in [-0.1, -0.05) is 31.2 Å². The van der Waals surface area contributed by atoms with Crippen LogP contribution in [0.4, 0.5) is 0 Å². The monoisotopic (exact) mass is 231 g/mol. The van der Waals surface area contributed by atoms with Crippen molar-refractivity contribution >= 4 is 10.8 Å². The van der Waals surface area contributed by atoms with Gasteiger partial charge in [-0.2, -0.15) is 0 Å². The van der Waals surface area contributed by atoms with Crippen LogP contribution in [0.1, 0.15) is 18.4 Å². The number of nitrogens with two attached hydrogens (primary N) is 1. The summed E-state index contributed by atoms with van der Waals surface area (Å²) in [6.07, 6.45) is 0. The molecule has 0 aliphatic heterocycles. The number of methoxy groups -OCH3 is 1. The number of ether oxygens (including phenoxy) is 1. The highest BCUT2D eigenvalue weighted by atomic mass is 16.6. The van der Waals surface area contributed by atoms with Crippen molar-refractivity contribution < 1.29 is 9.57 Å². The Morgan fingerprint density at radius 3 is 2.53 bits per heavy atom. The van der Waals surface area contributed by atoms with Crippen LogP contribution in [0.25, 0.3) is 10.8 Å². The third-order valence-electron chi connectivity index (χ3n) is 2.99. The maximum absolute atomic E-state index is 5.20. The Balaban J connectivity index is 2.37. The Labute approximate surface area is 101 Å². The van der Waals surface area contributed by atoms with Gasteiger partial charge in [0.05, 0.1) is 13.7 Å². The molecule has 0 fully saturated rings. The van der Waals surface area contributed by atoms with E-state index in [0.717, 1.165) is 5.75 Å². The third-order valence-corrected chi connectivity index (χ3v) is 2.99. The molecule has 0 heterocycles. The van der Waals surface area contributed by atoms with Crippen LogP contribution < -0.4 is 10.6 Å². The van der Waals surface area contributed by atoms with E-state index in [1.165, 1.54) is 16.3 Å². The molecule has 0 aliphatic rings. The minimum absolute atomic E-state index is 0.298. The van der Waals surface area contributed by atoms with E-state index < -0.39 is 0 Å². The summed E-state index contributed by atoms with van der Waals surface area (Å²) in [6.45, 7) is 2.62. The summed E-state index contributed by atoms with van der Waals surface area (Å²) >= 11 is 0. The Bertz CT molecular complexity index is 511. The first kappa shape index (κ1) is 11.9. The minimum atomic E-state index is 0.298. The van der Waals surface area contributed by atoms with E-state index in [1.54, 1.807) is 7.11 Å². The lowest BCUT2D eigenvalue weighted by Gasteiger charge is -2.11. The summed E-state index contributed by atoms with van der Waals surface area (Å²) in [5.41, 5.74) is 1.23. The second kappa shape index (κ2) is 5.17. The molecular formula is C14H17NO2. The van der Waals surface area contributed by atoms with Crippen molar-refractivity contribution in [1.29, 1.82) is 0 Å². The molecule has 90 valence electrons. The second-order valence-electron chi connectivity index (χ2n) is 4.21. The average molecular weight is 231 g/mol. The van der Waals surface area contributed by atoms with Crippen molar-refractivity contribution in [1.82, 2.24) is 0 Å². The summed E-state index contributed by atoms with van der Waals surface area (Å²) in [5.74, 6) is 6.28. The first-order valence-electron chi connectivity index (χ1n) is 5.64. The first-order chi connectivity index (χ1) is 8.24. The van der Waals surface area contributed by atoms with E-state index in [9.17, 15) is 0 Å². The van der Waals surface area contributed by atoms with Gasteiger partial charge in [0.2, 0.25) is 0 Å². The van der Waals surface area contributed by atoms with Crippen LogP contribution in [-0.4, -0.2) is 13.7 Å². The quantitative estimate of drug-likeness (QED) is 0.823. The van der Waals surface area contributed by atoms with Crippen molar-refractivity contribution in [2.45, 2.75) is 12.8 Å². The van der Waals surface area contributed by atoms with Crippen LogP contribution in [0.2, 0.25) is 0 Å². The van der Waals surface area contributed by atoms with Gasteiger partial charge in [0.25, 0.3) is 0 Å².